The molecule has 5 heteroatoms. The van der Waals surface area contributed by atoms with Gasteiger partial charge in [0, 0.05) is 37.3 Å². The van der Waals surface area contributed by atoms with E-state index in [-0.39, 0.29) is 0 Å². The lowest BCUT2D eigenvalue weighted by molar-refractivity contribution is 0.319. The summed E-state index contributed by atoms with van der Waals surface area (Å²) in [5, 5.41) is 6.70. The Morgan fingerprint density at radius 3 is 3.00 bits per heavy atom. The Balaban J connectivity index is 1.86. The van der Waals surface area contributed by atoms with Gasteiger partial charge in [-0.15, -0.1) is 11.8 Å². The Labute approximate surface area is 113 Å². The number of hydrogen-bond donors (Lipinski definition) is 3. The number of nitrogen functional groups attached to an aromatic ring is 1. The van der Waals surface area contributed by atoms with Crippen molar-refractivity contribution in [3.05, 3.63) is 30.6 Å². The number of rotatable bonds is 5. The number of benzene rings is 1. The van der Waals surface area contributed by atoms with Crippen LogP contribution in [0.1, 0.15) is 6.42 Å². The van der Waals surface area contributed by atoms with E-state index in [2.05, 4.69) is 34.9 Å². The number of hydrogen-bond acceptors (Lipinski definition) is 5. The zero-order chi connectivity index (χ0) is 13.0. The molecule has 1 heterocycles. The molecule has 4 N–H and O–H groups in total. The molecular formula is C13H20N4S. The summed E-state index contributed by atoms with van der Waals surface area (Å²) in [6.45, 7) is 0.895. The number of thioether (sulfide) groups is 1. The van der Waals surface area contributed by atoms with Crippen LogP contribution in [0.2, 0.25) is 0 Å². The highest BCUT2D eigenvalue weighted by molar-refractivity contribution is 7.98. The molecule has 1 aromatic carbocycles. The SMILES string of the molecule is CSc1ccc(N)c(NCCC2NC=CN2C)c1. The van der Waals surface area contributed by atoms with Gasteiger partial charge in [-0.05, 0) is 24.5 Å². The van der Waals surface area contributed by atoms with Crippen LogP contribution in [-0.4, -0.2) is 30.9 Å². The number of anilines is 2. The topological polar surface area (TPSA) is 53.3 Å². The van der Waals surface area contributed by atoms with Gasteiger partial charge in [0.15, 0.2) is 0 Å². The van der Waals surface area contributed by atoms with Crippen molar-refractivity contribution in [2.75, 3.05) is 30.9 Å². The van der Waals surface area contributed by atoms with Gasteiger partial charge in [-0.1, -0.05) is 0 Å². The highest BCUT2D eigenvalue weighted by Crippen LogP contribution is 2.25. The smallest absolute Gasteiger partial charge is 0.0995 e. The molecule has 0 bridgehead atoms. The molecule has 1 atom stereocenters. The van der Waals surface area contributed by atoms with Crippen molar-refractivity contribution in [2.45, 2.75) is 17.5 Å². The molecule has 0 aliphatic carbocycles. The van der Waals surface area contributed by atoms with Gasteiger partial charge in [0.2, 0.25) is 0 Å². The van der Waals surface area contributed by atoms with Crippen molar-refractivity contribution in [3.63, 3.8) is 0 Å². The Bertz CT molecular complexity index is 433. The number of nitrogens with one attached hydrogen (secondary N) is 2. The van der Waals surface area contributed by atoms with E-state index < -0.39 is 0 Å². The average Bonchev–Trinajstić information content (AvgIpc) is 2.77. The molecular weight excluding hydrogens is 244 g/mol. The summed E-state index contributed by atoms with van der Waals surface area (Å²) in [5.41, 5.74) is 7.78. The van der Waals surface area contributed by atoms with Crippen molar-refractivity contribution in [1.82, 2.24) is 10.2 Å². The van der Waals surface area contributed by atoms with Gasteiger partial charge in [-0.25, -0.2) is 0 Å². The Hall–Kier alpha value is -1.49. The lowest BCUT2D eigenvalue weighted by Gasteiger charge is -2.21. The van der Waals surface area contributed by atoms with Crippen molar-refractivity contribution < 1.29 is 0 Å². The summed E-state index contributed by atoms with van der Waals surface area (Å²) in [5.74, 6) is 0. The van der Waals surface area contributed by atoms with Crippen LogP contribution in [0.25, 0.3) is 0 Å². The third-order valence-electron chi connectivity index (χ3n) is 3.08. The van der Waals surface area contributed by atoms with Crippen LogP contribution in [-0.2, 0) is 0 Å². The quantitative estimate of drug-likeness (QED) is 0.562. The van der Waals surface area contributed by atoms with Crippen molar-refractivity contribution in [3.8, 4) is 0 Å². The van der Waals surface area contributed by atoms with Gasteiger partial charge in [-0.3, -0.25) is 0 Å². The summed E-state index contributed by atoms with van der Waals surface area (Å²) in [7, 11) is 2.07. The summed E-state index contributed by atoms with van der Waals surface area (Å²) >= 11 is 1.72. The van der Waals surface area contributed by atoms with Gasteiger partial charge in [0.1, 0.15) is 0 Å². The van der Waals surface area contributed by atoms with Crippen LogP contribution in [0, 0.1) is 0 Å². The first kappa shape index (κ1) is 13.0. The van der Waals surface area contributed by atoms with E-state index in [9.17, 15) is 0 Å². The molecule has 4 nitrogen and oxygen atoms in total. The average molecular weight is 264 g/mol. The molecule has 0 amide bonds. The Morgan fingerprint density at radius 2 is 2.33 bits per heavy atom. The monoisotopic (exact) mass is 264 g/mol. The fourth-order valence-corrected chi connectivity index (χ4v) is 2.38. The minimum atomic E-state index is 0.377. The zero-order valence-corrected chi connectivity index (χ0v) is 11.6. The predicted molar refractivity (Wildman–Crippen MR) is 79.6 cm³/mol. The lowest BCUT2D eigenvalue weighted by Crippen LogP contribution is -2.34. The molecule has 0 aromatic heterocycles. The zero-order valence-electron chi connectivity index (χ0n) is 10.8. The minimum absolute atomic E-state index is 0.377. The van der Waals surface area contributed by atoms with Gasteiger partial charge >= 0.3 is 0 Å². The maximum Gasteiger partial charge on any atom is 0.0995 e. The second kappa shape index (κ2) is 5.91. The highest BCUT2D eigenvalue weighted by Gasteiger charge is 2.13. The second-order valence-corrected chi connectivity index (χ2v) is 5.21. The summed E-state index contributed by atoms with van der Waals surface area (Å²) in [4.78, 5) is 3.40. The van der Waals surface area contributed by atoms with Crippen LogP contribution in [0.15, 0.2) is 35.5 Å². The van der Waals surface area contributed by atoms with Crippen LogP contribution in [0.5, 0.6) is 0 Å². The summed E-state index contributed by atoms with van der Waals surface area (Å²) < 4.78 is 0. The molecule has 0 fully saturated rings. The standard InChI is InChI=1S/C13H20N4S/c1-17-8-7-16-13(17)5-6-15-12-9-10(18-2)3-4-11(12)14/h3-4,7-9,13,15-16H,5-6,14H2,1-2H3. The van der Waals surface area contributed by atoms with E-state index >= 15 is 0 Å². The lowest BCUT2D eigenvalue weighted by atomic mass is 10.2. The van der Waals surface area contributed by atoms with Crippen molar-refractivity contribution in [2.24, 2.45) is 0 Å². The van der Waals surface area contributed by atoms with Crippen molar-refractivity contribution in [1.29, 1.82) is 0 Å². The summed E-state index contributed by atoms with van der Waals surface area (Å²) in [6, 6.07) is 6.10. The molecule has 98 valence electrons. The molecule has 1 aliphatic rings. The Morgan fingerprint density at radius 1 is 1.50 bits per heavy atom. The van der Waals surface area contributed by atoms with Gasteiger partial charge in [0.05, 0.1) is 17.5 Å². The second-order valence-electron chi connectivity index (χ2n) is 4.33. The van der Waals surface area contributed by atoms with Crippen molar-refractivity contribution >= 4 is 23.1 Å². The maximum atomic E-state index is 5.96. The molecule has 18 heavy (non-hydrogen) atoms. The first-order valence-electron chi connectivity index (χ1n) is 6.03. The van der Waals surface area contributed by atoms with Gasteiger partial charge in [0.25, 0.3) is 0 Å². The van der Waals surface area contributed by atoms with Crippen LogP contribution in [0.4, 0.5) is 11.4 Å². The molecule has 1 aromatic rings. The van der Waals surface area contributed by atoms with E-state index in [0.717, 1.165) is 24.3 Å². The maximum absolute atomic E-state index is 5.96. The third kappa shape index (κ3) is 3.04. The molecule has 0 radical (unpaired) electrons. The first-order valence-corrected chi connectivity index (χ1v) is 7.25. The summed E-state index contributed by atoms with van der Waals surface area (Å²) in [6.07, 6.45) is 7.49. The minimum Gasteiger partial charge on any atom is -0.397 e. The fraction of sp³-hybridized carbons (Fsp3) is 0.385. The van der Waals surface area contributed by atoms with Crippen LogP contribution < -0.4 is 16.4 Å². The molecule has 0 spiro atoms. The largest absolute Gasteiger partial charge is 0.397 e. The normalized spacial score (nSPS) is 17.9. The third-order valence-corrected chi connectivity index (χ3v) is 3.81. The van der Waals surface area contributed by atoms with E-state index in [0.29, 0.717) is 6.17 Å². The van der Waals surface area contributed by atoms with Gasteiger partial charge < -0.3 is 21.3 Å². The number of nitrogens with zero attached hydrogens (tertiary/aromatic N) is 1. The van der Waals surface area contributed by atoms with E-state index in [4.69, 9.17) is 5.73 Å². The molecule has 1 aliphatic heterocycles. The molecule has 1 unspecified atom stereocenters. The molecule has 0 saturated heterocycles. The Kier molecular flexibility index (Phi) is 4.25. The molecule has 0 saturated carbocycles. The first-order chi connectivity index (χ1) is 8.70. The molecule has 2 rings (SSSR count). The predicted octanol–water partition coefficient (Wildman–Crippen LogP) is 2.12. The van der Waals surface area contributed by atoms with E-state index in [1.807, 2.05) is 24.5 Å². The fourth-order valence-electron chi connectivity index (χ4n) is 1.94. The van der Waals surface area contributed by atoms with Crippen LogP contribution in [0.3, 0.4) is 0 Å². The van der Waals surface area contributed by atoms with Crippen LogP contribution >= 0.6 is 11.8 Å². The van der Waals surface area contributed by atoms with E-state index in [1.165, 1.54) is 4.90 Å². The van der Waals surface area contributed by atoms with E-state index in [1.54, 1.807) is 11.8 Å². The number of nitrogens with two attached hydrogens (primary N) is 1. The highest BCUT2D eigenvalue weighted by atomic mass is 32.2. The van der Waals surface area contributed by atoms with Gasteiger partial charge in [-0.2, -0.15) is 0 Å².